The maximum absolute atomic E-state index is 11.6. The molecule has 0 radical (unpaired) electrons. The fraction of sp³-hybridized carbons (Fsp3) is 0.500. The second-order valence-corrected chi connectivity index (χ2v) is 7.00. The molecule has 1 aromatic rings. The zero-order valence-corrected chi connectivity index (χ0v) is 12.1. The van der Waals surface area contributed by atoms with Gasteiger partial charge in [0, 0.05) is 24.0 Å². The molecule has 1 aliphatic heterocycles. The summed E-state index contributed by atoms with van der Waals surface area (Å²) < 4.78 is 34.2. The van der Waals surface area contributed by atoms with Crippen molar-refractivity contribution in [3.05, 3.63) is 39.9 Å². The molecule has 0 spiro atoms. The van der Waals surface area contributed by atoms with E-state index in [4.69, 9.17) is 14.6 Å². The first-order chi connectivity index (χ1) is 9.76. The van der Waals surface area contributed by atoms with E-state index in [1.807, 2.05) is 0 Å². The summed E-state index contributed by atoms with van der Waals surface area (Å²) in [5.41, 5.74) is 0.236. The topological polar surface area (TPSA) is 116 Å². The zero-order chi connectivity index (χ0) is 15.7. The molecule has 1 aromatic carbocycles. The summed E-state index contributed by atoms with van der Waals surface area (Å²) in [5.74, 6) is -1.98. The number of benzene rings is 1. The maximum atomic E-state index is 11.6. The van der Waals surface area contributed by atoms with Gasteiger partial charge in [0.1, 0.15) is 11.9 Å². The molecule has 1 saturated heterocycles. The van der Waals surface area contributed by atoms with Gasteiger partial charge in [-0.1, -0.05) is 0 Å². The number of hydrogen-bond donors (Lipinski definition) is 1. The van der Waals surface area contributed by atoms with Crippen LogP contribution in [0.4, 0.5) is 5.69 Å². The van der Waals surface area contributed by atoms with Gasteiger partial charge in [0.25, 0.3) is 5.69 Å². The molecule has 2 atom stereocenters. The predicted molar refractivity (Wildman–Crippen MR) is 72.4 cm³/mol. The van der Waals surface area contributed by atoms with Crippen LogP contribution < -0.4 is 0 Å². The fourth-order valence-electron chi connectivity index (χ4n) is 2.15. The summed E-state index contributed by atoms with van der Waals surface area (Å²) in [6, 6.07) is 5.28. The van der Waals surface area contributed by atoms with Crippen molar-refractivity contribution in [2.24, 2.45) is 0 Å². The van der Waals surface area contributed by atoms with E-state index < -0.39 is 32.4 Å². The number of nitro groups is 1. The Bertz CT molecular complexity index is 628. The van der Waals surface area contributed by atoms with Gasteiger partial charge in [0.05, 0.1) is 18.1 Å². The minimum absolute atomic E-state index is 0.0447. The van der Waals surface area contributed by atoms with Crippen molar-refractivity contribution in [3.8, 4) is 0 Å². The minimum Gasteiger partial charge on any atom is -0.394 e. The monoisotopic (exact) mass is 317 g/mol. The van der Waals surface area contributed by atoms with Crippen molar-refractivity contribution >= 4 is 15.5 Å². The lowest BCUT2D eigenvalue weighted by atomic mass is 10.1. The third kappa shape index (κ3) is 3.56. The van der Waals surface area contributed by atoms with Crippen LogP contribution >= 0.6 is 0 Å². The first-order valence-corrected chi connectivity index (χ1v) is 8.17. The molecule has 9 heteroatoms. The Morgan fingerprint density at radius 3 is 2.48 bits per heavy atom. The van der Waals surface area contributed by atoms with Gasteiger partial charge in [-0.05, 0) is 12.1 Å². The third-order valence-corrected chi connectivity index (χ3v) is 3.94. The molecule has 0 amide bonds. The van der Waals surface area contributed by atoms with Crippen LogP contribution in [0.5, 0.6) is 0 Å². The lowest BCUT2D eigenvalue weighted by molar-refractivity contribution is -0.384. The van der Waals surface area contributed by atoms with Crippen LogP contribution in [0.3, 0.4) is 0 Å². The van der Waals surface area contributed by atoms with Crippen LogP contribution in [-0.4, -0.2) is 49.8 Å². The molecule has 1 fully saturated rings. The van der Waals surface area contributed by atoms with E-state index in [0.717, 1.165) is 6.26 Å². The Balaban J connectivity index is 2.38. The van der Waals surface area contributed by atoms with E-state index in [0.29, 0.717) is 5.56 Å². The van der Waals surface area contributed by atoms with Crippen molar-refractivity contribution < 1.29 is 27.9 Å². The van der Waals surface area contributed by atoms with E-state index in [1.165, 1.54) is 24.3 Å². The molecule has 116 valence electrons. The molecule has 8 nitrogen and oxygen atoms in total. The molecule has 1 heterocycles. The Kier molecular flexibility index (Phi) is 4.28. The number of rotatable bonds is 5. The lowest BCUT2D eigenvalue weighted by Crippen LogP contribution is -2.36. The van der Waals surface area contributed by atoms with Crippen molar-refractivity contribution in [2.75, 3.05) is 25.2 Å². The average molecular weight is 317 g/mol. The van der Waals surface area contributed by atoms with E-state index >= 15 is 0 Å². The Morgan fingerprint density at radius 1 is 1.43 bits per heavy atom. The molecule has 0 bridgehead atoms. The van der Waals surface area contributed by atoms with E-state index in [1.54, 1.807) is 0 Å². The molecule has 0 aromatic heterocycles. The highest BCUT2D eigenvalue weighted by Gasteiger charge is 2.45. The smallest absolute Gasteiger partial charge is 0.269 e. The number of non-ortho nitro benzene ring substituents is 1. The van der Waals surface area contributed by atoms with Crippen LogP contribution in [0, 0.1) is 10.1 Å². The summed E-state index contributed by atoms with van der Waals surface area (Å²) in [6.07, 6.45) is 0.404. The molecule has 1 aliphatic rings. The Hall–Kier alpha value is -1.55. The van der Waals surface area contributed by atoms with Gasteiger partial charge < -0.3 is 14.6 Å². The van der Waals surface area contributed by atoms with E-state index in [2.05, 4.69) is 0 Å². The lowest BCUT2D eigenvalue weighted by Gasteiger charge is -2.27. The molecule has 21 heavy (non-hydrogen) atoms. The van der Waals surface area contributed by atoms with Gasteiger partial charge in [-0.15, -0.1) is 0 Å². The van der Waals surface area contributed by atoms with E-state index in [-0.39, 0.29) is 18.9 Å². The molecular formula is C12H15NO7S. The number of nitro benzene ring substituents is 1. The SMILES string of the molecule is CS(=O)(=O)C[C@]1(c2ccc([N+](=O)[O-])cc2)OC[C@@H](CO)O1. The quantitative estimate of drug-likeness (QED) is 0.609. The third-order valence-electron chi connectivity index (χ3n) is 3.03. The van der Waals surface area contributed by atoms with Gasteiger partial charge in [-0.25, -0.2) is 8.42 Å². The number of aliphatic hydroxyl groups is 1. The van der Waals surface area contributed by atoms with Gasteiger partial charge in [-0.3, -0.25) is 10.1 Å². The van der Waals surface area contributed by atoms with Gasteiger partial charge in [0.15, 0.2) is 9.84 Å². The number of aliphatic hydroxyl groups excluding tert-OH is 1. The Labute approximate surface area is 121 Å². The standard InChI is InChI=1S/C12H15NO7S/c1-21(17,18)8-12(19-7-11(6-14)20-12)9-2-4-10(5-3-9)13(15)16/h2-5,11,14H,6-8H2,1H3/t11-,12+/m1/s1. The number of ether oxygens (including phenoxy) is 2. The van der Waals surface area contributed by atoms with Crippen molar-refractivity contribution in [1.29, 1.82) is 0 Å². The number of sulfone groups is 1. The van der Waals surface area contributed by atoms with Crippen LogP contribution in [-0.2, 0) is 25.1 Å². The first-order valence-electron chi connectivity index (χ1n) is 6.11. The highest BCUT2D eigenvalue weighted by Crippen LogP contribution is 2.36. The van der Waals surface area contributed by atoms with Crippen LogP contribution in [0.2, 0.25) is 0 Å². The highest BCUT2D eigenvalue weighted by molar-refractivity contribution is 7.90. The van der Waals surface area contributed by atoms with Gasteiger partial charge >= 0.3 is 0 Å². The predicted octanol–water partition coefficient (Wildman–Crippen LogP) is 0.200. The number of nitrogens with zero attached hydrogens (tertiary/aromatic N) is 1. The molecule has 0 aliphatic carbocycles. The van der Waals surface area contributed by atoms with Gasteiger partial charge in [0.2, 0.25) is 5.79 Å². The largest absolute Gasteiger partial charge is 0.394 e. The fourth-order valence-corrected chi connectivity index (χ4v) is 3.16. The van der Waals surface area contributed by atoms with Crippen LogP contribution in [0.25, 0.3) is 0 Å². The number of hydrogen-bond acceptors (Lipinski definition) is 7. The van der Waals surface area contributed by atoms with E-state index in [9.17, 15) is 18.5 Å². The summed E-state index contributed by atoms with van der Waals surface area (Å²) in [5, 5.41) is 19.8. The Morgan fingerprint density at radius 2 is 2.05 bits per heavy atom. The summed E-state index contributed by atoms with van der Waals surface area (Å²) >= 11 is 0. The second kappa shape index (κ2) is 5.68. The maximum Gasteiger partial charge on any atom is 0.269 e. The molecule has 2 rings (SSSR count). The molecule has 1 N–H and O–H groups in total. The van der Waals surface area contributed by atoms with Crippen molar-refractivity contribution in [1.82, 2.24) is 0 Å². The minimum atomic E-state index is -3.44. The molecular weight excluding hydrogens is 302 g/mol. The van der Waals surface area contributed by atoms with Crippen molar-refractivity contribution in [3.63, 3.8) is 0 Å². The normalized spacial score (nSPS) is 25.9. The second-order valence-electron chi connectivity index (χ2n) is 4.86. The summed E-state index contributed by atoms with van der Waals surface area (Å²) in [4.78, 5) is 10.1. The van der Waals surface area contributed by atoms with Crippen LogP contribution in [0.1, 0.15) is 5.56 Å². The molecule has 0 unspecified atom stereocenters. The average Bonchev–Trinajstić information content (AvgIpc) is 2.81. The first kappa shape index (κ1) is 15.8. The van der Waals surface area contributed by atoms with Crippen molar-refractivity contribution in [2.45, 2.75) is 11.9 Å². The molecule has 0 saturated carbocycles. The zero-order valence-electron chi connectivity index (χ0n) is 11.3. The van der Waals surface area contributed by atoms with Crippen LogP contribution in [0.15, 0.2) is 24.3 Å². The summed E-state index contributed by atoms with van der Waals surface area (Å²) in [7, 11) is -3.44. The highest BCUT2D eigenvalue weighted by atomic mass is 32.2. The van der Waals surface area contributed by atoms with Gasteiger partial charge in [-0.2, -0.15) is 0 Å². The summed E-state index contributed by atoms with van der Waals surface area (Å²) in [6.45, 7) is -0.262.